The SMILES string of the molecule is COC(=O)C1NCCc2c(OC)c(C)c(OC)c(OC)c21. The lowest BCUT2D eigenvalue weighted by Gasteiger charge is -2.30. The summed E-state index contributed by atoms with van der Waals surface area (Å²) in [7, 11) is 6.12. The number of carbonyl (C=O) groups is 1. The molecule has 1 aliphatic rings. The molecular weight excluding hydrogens is 274 g/mol. The van der Waals surface area contributed by atoms with E-state index in [9.17, 15) is 4.79 Å². The molecule has 6 nitrogen and oxygen atoms in total. The second kappa shape index (κ2) is 6.22. The van der Waals surface area contributed by atoms with Crippen LogP contribution in [0.5, 0.6) is 17.2 Å². The Morgan fingerprint density at radius 1 is 1.05 bits per heavy atom. The highest BCUT2D eigenvalue weighted by Gasteiger charge is 2.35. The van der Waals surface area contributed by atoms with Crippen molar-refractivity contribution in [3.63, 3.8) is 0 Å². The lowest BCUT2D eigenvalue weighted by atomic mass is 9.89. The van der Waals surface area contributed by atoms with Gasteiger partial charge in [0.1, 0.15) is 11.8 Å². The molecule has 116 valence electrons. The Labute approximate surface area is 124 Å². The fraction of sp³-hybridized carbons (Fsp3) is 0.533. The first-order valence-electron chi connectivity index (χ1n) is 6.73. The van der Waals surface area contributed by atoms with Gasteiger partial charge in [0.2, 0.25) is 0 Å². The van der Waals surface area contributed by atoms with Gasteiger partial charge in [-0.15, -0.1) is 0 Å². The molecule has 0 fully saturated rings. The predicted octanol–water partition coefficient (Wildman–Crippen LogP) is 1.38. The normalized spacial score (nSPS) is 16.9. The number of ether oxygens (including phenoxy) is 4. The smallest absolute Gasteiger partial charge is 0.327 e. The highest BCUT2D eigenvalue weighted by atomic mass is 16.5. The Bertz CT molecular complexity index is 530. The summed E-state index contributed by atoms with van der Waals surface area (Å²) in [6.07, 6.45) is 0.743. The summed E-state index contributed by atoms with van der Waals surface area (Å²) in [5.41, 5.74) is 2.55. The molecule has 0 aromatic heterocycles. The minimum Gasteiger partial charge on any atom is -0.496 e. The van der Waals surface area contributed by atoms with Crippen LogP contribution in [0.1, 0.15) is 22.7 Å². The second-order valence-electron chi connectivity index (χ2n) is 4.78. The van der Waals surface area contributed by atoms with Crippen molar-refractivity contribution in [2.75, 3.05) is 35.0 Å². The monoisotopic (exact) mass is 295 g/mol. The Balaban J connectivity index is 2.76. The lowest BCUT2D eigenvalue weighted by molar-refractivity contribution is -0.143. The van der Waals surface area contributed by atoms with Crippen LogP contribution in [0.2, 0.25) is 0 Å². The number of rotatable bonds is 4. The van der Waals surface area contributed by atoms with Gasteiger partial charge in [-0.2, -0.15) is 0 Å². The maximum atomic E-state index is 12.1. The van der Waals surface area contributed by atoms with Crippen molar-refractivity contribution < 1.29 is 23.7 Å². The number of carbonyl (C=O) groups excluding carboxylic acids is 1. The summed E-state index contributed by atoms with van der Waals surface area (Å²) in [5, 5.41) is 3.16. The molecule has 6 heteroatoms. The summed E-state index contributed by atoms with van der Waals surface area (Å²) < 4.78 is 21.4. The van der Waals surface area contributed by atoms with Crippen molar-refractivity contribution in [1.82, 2.24) is 5.32 Å². The Morgan fingerprint density at radius 2 is 1.67 bits per heavy atom. The lowest BCUT2D eigenvalue weighted by Crippen LogP contribution is -2.36. The largest absolute Gasteiger partial charge is 0.496 e. The molecule has 0 bridgehead atoms. The molecule has 1 N–H and O–H groups in total. The maximum Gasteiger partial charge on any atom is 0.327 e. The van der Waals surface area contributed by atoms with Gasteiger partial charge in [-0.3, -0.25) is 0 Å². The van der Waals surface area contributed by atoms with Gasteiger partial charge in [-0.25, -0.2) is 4.79 Å². The van der Waals surface area contributed by atoms with Gasteiger partial charge in [0, 0.05) is 23.2 Å². The first kappa shape index (κ1) is 15.4. The van der Waals surface area contributed by atoms with Crippen LogP contribution in [-0.4, -0.2) is 41.0 Å². The van der Waals surface area contributed by atoms with E-state index in [0.29, 0.717) is 18.0 Å². The average Bonchev–Trinajstić information content (AvgIpc) is 2.52. The summed E-state index contributed by atoms with van der Waals surface area (Å²) >= 11 is 0. The third-order valence-electron chi connectivity index (χ3n) is 3.79. The van der Waals surface area contributed by atoms with E-state index in [1.165, 1.54) is 7.11 Å². The third kappa shape index (κ3) is 2.40. The minimum atomic E-state index is -0.586. The van der Waals surface area contributed by atoms with E-state index in [-0.39, 0.29) is 5.97 Å². The molecular formula is C15H21NO5. The van der Waals surface area contributed by atoms with Crippen molar-refractivity contribution in [1.29, 1.82) is 0 Å². The van der Waals surface area contributed by atoms with Crippen LogP contribution in [0.25, 0.3) is 0 Å². The molecule has 0 saturated heterocycles. The molecule has 1 aromatic rings. The molecule has 0 radical (unpaired) electrons. The zero-order valence-corrected chi connectivity index (χ0v) is 13.0. The van der Waals surface area contributed by atoms with Crippen LogP contribution in [0.15, 0.2) is 0 Å². The topological polar surface area (TPSA) is 66.0 Å². The van der Waals surface area contributed by atoms with Gasteiger partial charge < -0.3 is 24.3 Å². The van der Waals surface area contributed by atoms with E-state index in [1.807, 2.05) is 6.92 Å². The van der Waals surface area contributed by atoms with Gasteiger partial charge in [0.05, 0.1) is 28.4 Å². The second-order valence-corrected chi connectivity index (χ2v) is 4.78. The van der Waals surface area contributed by atoms with E-state index in [2.05, 4.69) is 5.32 Å². The quantitative estimate of drug-likeness (QED) is 0.847. The third-order valence-corrected chi connectivity index (χ3v) is 3.79. The fourth-order valence-corrected chi connectivity index (χ4v) is 2.92. The van der Waals surface area contributed by atoms with E-state index < -0.39 is 6.04 Å². The van der Waals surface area contributed by atoms with E-state index in [4.69, 9.17) is 18.9 Å². The van der Waals surface area contributed by atoms with Crippen molar-refractivity contribution in [2.45, 2.75) is 19.4 Å². The summed E-state index contributed by atoms with van der Waals surface area (Å²) in [5.74, 6) is 1.50. The summed E-state index contributed by atoms with van der Waals surface area (Å²) in [4.78, 5) is 12.1. The van der Waals surface area contributed by atoms with Crippen molar-refractivity contribution >= 4 is 5.97 Å². The molecule has 0 amide bonds. The van der Waals surface area contributed by atoms with E-state index in [0.717, 1.165) is 28.9 Å². The molecule has 0 saturated carbocycles. The highest BCUT2D eigenvalue weighted by molar-refractivity contribution is 5.82. The molecule has 21 heavy (non-hydrogen) atoms. The zero-order valence-electron chi connectivity index (χ0n) is 13.0. The van der Waals surface area contributed by atoms with Crippen molar-refractivity contribution in [2.24, 2.45) is 0 Å². The Morgan fingerprint density at radius 3 is 2.19 bits per heavy atom. The van der Waals surface area contributed by atoms with Crippen LogP contribution in [0.3, 0.4) is 0 Å². The maximum absolute atomic E-state index is 12.1. The molecule has 2 rings (SSSR count). The number of methoxy groups -OCH3 is 4. The predicted molar refractivity (Wildman–Crippen MR) is 77.3 cm³/mol. The molecule has 1 unspecified atom stereocenters. The van der Waals surface area contributed by atoms with E-state index >= 15 is 0 Å². The number of benzene rings is 1. The first-order chi connectivity index (χ1) is 10.1. The van der Waals surface area contributed by atoms with Crippen molar-refractivity contribution in [3.8, 4) is 17.2 Å². The standard InChI is InChI=1S/C15H21NO5/c1-8-12(18-2)9-6-7-16-11(15(17)21-5)10(9)14(20-4)13(8)19-3/h11,16H,6-7H2,1-5H3. The minimum absolute atomic E-state index is 0.359. The van der Waals surface area contributed by atoms with Crippen LogP contribution < -0.4 is 19.5 Å². The number of fused-ring (bicyclic) bond motifs is 1. The Hall–Kier alpha value is -1.95. The number of esters is 1. The summed E-state index contributed by atoms with van der Waals surface area (Å²) in [6.45, 7) is 2.58. The zero-order chi connectivity index (χ0) is 15.6. The van der Waals surface area contributed by atoms with Crippen LogP contribution in [0.4, 0.5) is 0 Å². The van der Waals surface area contributed by atoms with E-state index in [1.54, 1.807) is 21.3 Å². The van der Waals surface area contributed by atoms with Crippen LogP contribution >= 0.6 is 0 Å². The number of hydrogen-bond acceptors (Lipinski definition) is 6. The molecule has 1 atom stereocenters. The fourth-order valence-electron chi connectivity index (χ4n) is 2.92. The van der Waals surface area contributed by atoms with Gasteiger partial charge >= 0.3 is 5.97 Å². The van der Waals surface area contributed by atoms with Gasteiger partial charge in [0.15, 0.2) is 11.5 Å². The molecule has 1 aromatic carbocycles. The number of nitrogens with one attached hydrogen (secondary N) is 1. The van der Waals surface area contributed by atoms with Crippen LogP contribution in [-0.2, 0) is 16.0 Å². The molecule has 0 spiro atoms. The highest BCUT2D eigenvalue weighted by Crippen LogP contribution is 2.47. The molecule has 1 aliphatic heterocycles. The Kier molecular flexibility index (Phi) is 4.57. The van der Waals surface area contributed by atoms with Gasteiger partial charge in [-0.05, 0) is 13.3 Å². The molecule has 0 aliphatic carbocycles. The number of hydrogen-bond donors (Lipinski definition) is 1. The van der Waals surface area contributed by atoms with Crippen LogP contribution in [0, 0.1) is 6.92 Å². The summed E-state index contributed by atoms with van der Waals surface area (Å²) in [6, 6.07) is -0.586. The van der Waals surface area contributed by atoms with Gasteiger partial charge in [-0.1, -0.05) is 0 Å². The molecule has 1 heterocycles. The first-order valence-corrected chi connectivity index (χ1v) is 6.73. The van der Waals surface area contributed by atoms with Gasteiger partial charge in [0.25, 0.3) is 0 Å². The average molecular weight is 295 g/mol. The van der Waals surface area contributed by atoms with Crippen molar-refractivity contribution in [3.05, 3.63) is 16.7 Å².